The topological polar surface area (TPSA) is 153 Å². The molecule has 0 bridgehead atoms. The fourth-order valence-electron chi connectivity index (χ4n) is 5.32. The van der Waals surface area contributed by atoms with Crippen LogP contribution in [0.1, 0.15) is 44.2 Å². The van der Waals surface area contributed by atoms with Gasteiger partial charge in [-0.25, -0.2) is 4.99 Å². The van der Waals surface area contributed by atoms with Gasteiger partial charge in [-0.1, -0.05) is 43.1 Å². The van der Waals surface area contributed by atoms with Crippen LogP contribution in [0, 0.1) is 12.3 Å². The van der Waals surface area contributed by atoms with Crippen molar-refractivity contribution in [2.45, 2.75) is 64.3 Å². The molecule has 0 spiro atoms. The lowest BCUT2D eigenvalue weighted by Gasteiger charge is -2.48. The van der Waals surface area contributed by atoms with Gasteiger partial charge < -0.3 is 27.0 Å². The summed E-state index contributed by atoms with van der Waals surface area (Å²) in [6.07, 6.45) is 2.77. The van der Waals surface area contributed by atoms with Crippen LogP contribution < -0.4 is 17.2 Å². The van der Waals surface area contributed by atoms with Gasteiger partial charge in [0, 0.05) is 42.3 Å². The molecule has 0 radical (unpaired) electrons. The molecule has 0 saturated carbocycles. The maximum Gasteiger partial charge on any atom is 0.245 e. The molecule has 210 valence electrons. The Balaban J connectivity index is 0.000000304. The number of aryl methyl sites for hydroxylation is 1. The number of halogens is 2. The van der Waals surface area contributed by atoms with Crippen molar-refractivity contribution in [1.82, 2.24) is 14.7 Å². The number of benzene rings is 1. The maximum atomic E-state index is 11.4. The molecular formula is C26H41Cl2N9O. The van der Waals surface area contributed by atoms with Crippen molar-refractivity contribution in [2.24, 2.45) is 27.2 Å². The molecule has 10 nitrogen and oxygen atoms in total. The molecule has 1 aromatic rings. The minimum absolute atomic E-state index is 0.0602. The zero-order valence-corrected chi connectivity index (χ0v) is 24.0. The summed E-state index contributed by atoms with van der Waals surface area (Å²) in [4.78, 5) is 27.4. The Morgan fingerprint density at radius 1 is 1.11 bits per heavy atom. The van der Waals surface area contributed by atoms with Crippen LogP contribution in [-0.2, 0) is 4.79 Å². The quantitative estimate of drug-likeness (QED) is 0.316. The summed E-state index contributed by atoms with van der Waals surface area (Å²) in [5, 5.41) is 8.04. The average molecular weight is 567 g/mol. The zero-order valence-electron chi connectivity index (χ0n) is 22.5. The van der Waals surface area contributed by atoms with Gasteiger partial charge in [0.05, 0.1) is 0 Å². The molecule has 0 aromatic heterocycles. The van der Waals surface area contributed by atoms with Crippen LogP contribution >= 0.6 is 23.2 Å². The van der Waals surface area contributed by atoms with E-state index in [0.717, 1.165) is 38.2 Å². The van der Waals surface area contributed by atoms with Gasteiger partial charge in [-0.3, -0.25) is 20.1 Å². The molecule has 3 aliphatic rings. The molecule has 1 amide bonds. The van der Waals surface area contributed by atoms with Crippen LogP contribution in [0.5, 0.6) is 0 Å². The lowest BCUT2D eigenvalue weighted by molar-refractivity contribution is -0.119. The smallest absolute Gasteiger partial charge is 0.245 e. The third-order valence-electron chi connectivity index (χ3n) is 7.59. The van der Waals surface area contributed by atoms with E-state index in [9.17, 15) is 4.79 Å². The second kappa shape index (κ2) is 13.7. The molecule has 3 aliphatic heterocycles. The van der Waals surface area contributed by atoms with Crippen molar-refractivity contribution < 1.29 is 4.79 Å². The number of amides is 1. The predicted molar refractivity (Wildman–Crippen MR) is 156 cm³/mol. The molecule has 12 heteroatoms. The van der Waals surface area contributed by atoms with Gasteiger partial charge in [0.2, 0.25) is 5.91 Å². The molecule has 2 fully saturated rings. The van der Waals surface area contributed by atoms with Crippen molar-refractivity contribution in [1.29, 1.82) is 5.41 Å². The Labute approximate surface area is 235 Å². The number of rotatable bonds is 5. The van der Waals surface area contributed by atoms with Crippen LogP contribution in [0.25, 0.3) is 0 Å². The number of hydrogen-bond donors (Lipinski definition) is 4. The highest BCUT2D eigenvalue weighted by Crippen LogP contribution is 2.24. The average Bonchev–Trinajstić information content (AvgIpc) is 2.91. The third kappa shape index (κ3) is 7.45. The highest BCUT2D eigenvalue weighted by atomic mass is 35.5. The van der Waals surface area contributed by atoms with E-state index >= 15 is 0 Å². The van der Waals surface area contributed by atoms with E-state index in [4.69, 9.17) is 45.8 Å². The highest BCUT2D eigenvalue weighted by Gasteiger charge is 2.37. The van der Waals surface area contributed by atoms with Crippen LogP contribution in [0.4, 0.5) is 0 Å². The summed E-state index contributed by atoms with van der Waals surface area (Å²) < 4.78 is 0. The number of carbonyl (C=O) groups excluding carboxylic acids is 1. The SMILES string of the molecule is CCC1CN(C2=NC(N)C(C(N)=O)N=C2Cl)CCN1C1CCN(CC)CC1.Cc1ccc(Cl)cc1C(=N)N. The van der Waals surface area contributed by atoms with E-state index < -0.39 is 18.1 Å². The van der Waals surface area contributed by atoms with Crippen molar-refractivity contribution in [3.05, 3.63) is 34.3 Å². The normalized spacial score (nSPS) is 25.2. The van der Waals surface area contributed by atoms with Crippen LogP contribution in [0.15, 0.2) is 28.2 Å². The number of nitrogen functional groups attached to an aromatic ring is 1. The Kier molecular flexibility index (Phi) is 10.9. The van der Waals surface area contributed by atoms with Crippen molar-refractivity contribution in [3.63, 3.8) is 0 Å². The lowest BCUT2D eigenvalue weighted by Crippen LogP contribution is -2.60. The lowest BCUT2D eigenvalue weighted by atomic mass is 9.98. The second-order valence-corrected chi connectivity index (χ2v) is 10.8. The number of piperazine rings is 1. The predicted octanol–water partition coefficient (Wildman–Crippen LogP) is 1.99. The maximum absolute atomic E-state index is 11.4. The summed E-state index contributed by atoms with van der Waals surface area (Å²) in [5.41, 5.74) is 18.3. The standard InChI is InChI=1S/C18H32ClN7O.C8H9ClN2/c1-3-12-11-25(18-15(19)22-14(17(21)27)16(20)23-18)9-10-26(12)13-5-7-24(4-2)8-6-13;1-5-2-3-6(9)4-7(5)8(10)11/h12-14,16H,3-11,20H2,1-2H3,(H2,21,27);2-4H,1H3,(H3,10,11). The Morgan fingerprint density at radius 3 is 2.34 bits per heavy atom. The number of primary amides is 1. The Bertz CT molecular complexity index is 1060. The van der Waals surface area contributed by atoms with E-state index in [0.29, 0.717) is 28.5 Å². The van der Waals surface area contributed by atoms with Gasteiger partial charge in [-0.15, -0.1) is 0 Å². The third-order valence-corrected chi connectivity index (χ3v) is 8.09. The van der Waals surface area contributed by atoms with E-state index in [-0.39, 0.29) is 11.0 Å². The first-order chi connectivity index (χ1) is 18.0. The van der Waals surface area contributed by atoms with Crippen LogP contribution in [-0.4, -0.2) is 101 Å². The first-order valence-corrected chi connectivity index (χ1v) is 14.0. The van der Waals surface area contributed by atoms with Gasteiger partial charge in [0.25, 0.3) is 0 Å². The molecule has 2 saturated heterocycles. The number of aliphatic imine (C=N–C) groups is 2. The van der Waals surface area contributed by atoms with Gasteiger partial charge in [0.15, 0.2) is 17.0 Å². The molecule has 0 aliphatic carbocycles. The van der Waals surface area contributed by atoms with E-state index in [1.807, 2.05) is 13.0 Å². The minimum atomic E-state index is -0.881. The number of nitrogens with two attached hydrogens (primary N) is 3. The van der Waals surface area contributed by atoms with Gasteiger partial charge in [-0.05, 0) is 63.5 Å². The number of carbonyl (C=O) groups is 1. The first kappa shape index (κ1) is 30.3. The molecule has 3 unspecified atom stereocenters. The largest absolute Gasteiger partial charge is 0.384 e. The number of amidine groups is 2. The van der Waals surface area contributed by atoms with Crippen LogP contribution in [0.3, 0.4) is 0 Å². The summed E-state index contributed by atoms with van der Waals surface area (Å²) in [6.45, 7) is 12.5. The minimum Gasteiger partial charge on any atom is -0.384 e. The second-order valence-electron chi connectivity index (χ2n) is 9.99. The van der Waals surface area contributed by atoms with Crippen molar-refractivity contribution in [2.75, 3.05) is 39.3 Å². The van der Waals surface area contributed by atoms with Gasteiger partial charge in [-0.2, -0.15) is 0 Å². The summed E-state index contributed by atoms with van der Waals surface area (Å²) in [7, 11) is 0. The highest BCUT2D eigenvalue weighted by molar-refractivity contribution is 6.83. The van der Waals surface area contributed by atoms with Crippen molar-refractivity contribution >= 4 is 46.0 Å². The first-order valence-electron chi connectivity index (χ1n) is 13.3. The summed E-state index contributed by atoms with van der Waals surface area (Å²) in [5.74, 6) is 0.0590. The Hall–Kier alpha value is -2.24. The molecule has 3 heterocycles. The van der Waals surface area contributed by atoms with Crippen LogP contribution in [0.2, 0.25) is 5.02 Å². The number of piperidine rings is 1. The summed E-state index contributed by atoms with van der Waals surface area (Å²) >= 11 is 12.0. The van der Waals surface area contributed by atoms with E-state index in [2.05, 4.69) is 38.5 Å². The number of likely N-dealkylation sites (tertiary alicyclic amines) is 1. The Morgan fingerprint density at radius 2 is 1.79 bits per heavy atom. The molecule has 38 heavy (non-hydrogen) atoms. The monoisotopic (exact) mass is 565 g/mol. The van der Waals surface area contributed by atoms with Crippen molar-refractivity contribution in [3.8, 4) is 0 Å². The van der Waals surface area contributed by atoms with Gasteiger partial charge >= 0.3 is 0 Å². The van der Waals surface area contributed by atoms with E-state index in [1.165, 1.54) is 25.9 Å². The zero-order chi connectivity index (χ0) is 28.0. The molecule has 1 aromatic carbocycles. The molecule has 4 rings (SSSR count). The van der Waals surface area contributed by atoms with E-state index in [1.54, 1.807) is 12.1 Å². The van der Waals surface area contributed by atoms with Gasteiger partial charge in [0.1, 0.15) is 12.0 Å². The molecule has 7 N–H and O–H groups in total. The summed E-state index contributed by atoms with van der Waals surface area (Å²) in [6, 6.07) is 5.54. The fourth-order valence-corrected chi connectivity index (χ4v) is 5.77. The number of hydrogen-bond acceptors (Lipinski definition) is 8. The number of nitrogens with zero attached hydrogens (tertiary/aromatic N) is 5. The molecular weight excluding hydrogens is 525 g/mol. The number of nitrogens with one attached hydrogen (secondary N) is 1. The molecule has 3 atom stereocenters. The fraction of sp³-hybridized carbons (Fsp3) is 0.615.